The molecule has 0 nitrogen and oxygen atoms in total. The molecule has 1 aromatic rings. The second kappa shape index (κ2) is 2.12. The van der Waals surface area contributed by atoms with E-state index < -0.39 is 0 Å². The van der Waals surface area contributed by atoms with Crippen molar-refractivity contribution in [2.24, 2.45) is 0 Å². The van der Waals surface area contributed by atoms with Crippen LogP contribution in [-0.4, -0.2) is 0 Å². The lowest BCUT2D eigenvalue weighted by Crippen LogP contribution is -1.99. The van der Waals surface area contributed by atoms with Gasteiger partial charge in [0.15, 0.2) is 0 Å². The monoisotopic (exact) mass is 158 g/mol. The maximum Gasteiger partial charge on any atom is -0.0150 e. The first kappa shape index (κ1) is 6.71. The summed E-state index contributed by atoms with van der Waals surface area (Å²) in [6.07, 6.45) is 4.34. The first-order valence-corrected chi connectivity index (χ1v) is 4.95. The lowest BCUT2D eigenvalue weighted by Gasteiger charge is -2.16. The van der Waals surface area contributed by atoms with Gasteiger partial charge >= 0.3 is 0 Å². The molecule has 12 heavy (non-hydrogen) atoms. The molecule has 2 atom stereocenters. The molecule has 2 aliphatic rings. The Bertz CT molecular complexity index is 325. The van der Waals surface area contributed by atoms with Crippen LogP contribution >= 0.6 is 0 Å². The summed E-state index contributed by atoms with van der Waals surface area (Å²) in [4.78, 5) is 0. The van der Waals surface area contributed by atoms with Crippen molar-refractivity contribution in [2.75, 3.05) is 0 Å². The molecule has 0 N–H and O–H groups in total. The Morgan fingerprint density at radius 3 is 2.83 bits per heavy atom. The Kier molecular flexibility index (Phi) is 1.19. The van der Waals surface area contributed by atoms with Gasteiger partial charge in [-0.3, -0.25) is 0 Å². The van der Waals surface area contributed by atoms with Crippen LogP contribution in [0.3, 0.4) is 0 Å². The van der Waals surface area contributed by atoms with Gasteiger partial charge in [-0.25, -0.2) is 0 Å². The normalized spacial score (nSPS) is 30.8. The van der Waals surface area contributed by atoms with Crippen molar-refractivity contribution in [3.63, 3.8) is 0 Å². The molecule has 0 radical (unpaired) electrons. The van der Waals surface area contributed by atoms with Crippen LogP contribution in [-0.2, 0) is 0 Å². The fraction of sp³-hybridized carbons (Fsp3) is 0.500. The van der Waals surface area contributed by atoms with Crippen LogP contribution in [0.2, 0.25) is 0 Å². The van der Waals surface area contributed by atoms with Gasteiger partial charge in [-0.2, -0.15) is 0 Å². The van der Waals surface area contributed by atoms with E-state index in [0.29, 0.717) is 0 Å². The van der Waals surface area contributed by atoms with Gasteiger partial charge in [0, 0.05) is 0 Å². The van der Waals surface area contributed by atoms with Gasteiger partial charge in [-0.15, -0.1) is 0 Å². The van der Waals surface area contributed by atoms with Gasteiger partial charge in [-0.1, -0.05) is 18.2 Å². The fourth-order valence-corrected chi connectivity index (χ4v) is 3.14. The van der Waals surface area contributed by atoms with E-state index in [1.807, 2.05) is 0 Å². The molecule has 0 heterocycles. The van der Waals surface area contributed by atoms with Crippen LogP contribution in [0.1, 0.15) is 47.8 Å². The van der Waals surface area contributed by atoms with Gasteiger partial charge in [0.05, 0.1) is 0 Å². The van der Waals surface area contributed by atoms with E-state index in [4.69, 9.17) is 0 Å². The highest BCUT2D eigenvalue weighted by Crippen LogP contribution is 2.53. The summed E-state index contributed by atoms with van der Waals surface area (Å²) in [6.45, 7) is 2.26. The minimum Gasteiger partial charge on any atom is -0.0617 e. The van der Waals surface area contributed by atoms with Gasteiger partial charge in [0.25, 0.3) is 0 Å². The van der Waals surface area contributed by atoms with Gasteiger partial charge in [-0.05, 0) is 54.7 Å². The van der Waals surface area contributed by atoms with Crippen molar-refractivity contribution in [3.8, 4) is 0 Å². The van der Waals surface area contributed by atoms with Crippen molar-refractivity contribution >= 4 is 0 Å². The van der Waals surface area contributed by atoms with Crippen LogP contribution in [0.25, 0.3) is 0 Å². The minimum atomic E-state index is 0.921. The average Bonchev–Trinajstić information content (AvgIpc) is 2.64. The smallest absolute Gasteiger partial charge is 0.0150 e. The predicted molar refractivity (Wildman–Crippen MR) is 50.5 cm³/mol. The highest BCUT2D eigenvalue weighted by atomic mass is 14.4. The summed E-state index contributed by atoms with van der Waals surface area (Å²) in [5, 5.41) is 0. The van der Waals surface area contributed by atoms with Crippen molar-refractivity contribution in [1.29, 1.82) is 0 Å². The highest BCUT2D eigenvalue weighted by Gasteiger charge is 2.37. The number of hydrogen-bond acceptors (Lipinski definition) is 0. The van der Waals surface area contributed by atoms with E-state index in [0.717, 1.165) is 11.8 Å². The number of fused-ring (bicyclic) bond motifs is 5. The van der Waals surface area contributed by atoms with Crippen molar-refractivity contribution in [3.05, 3.63) is 34.9 Å². The maximum absolute atomic E-state index is 2.34. The molecule has 2 bridgehead atoms. The molecule has 0 aromatic heterocycles. The average molecular weight is 158 g/mol. The molecule has 2 aliphatic carbocycles. The van der Waals surface area contributed by atoms with Crippen molar-refractivity contribution in [1.82, 2.24) is 0 Å². The maximum atomic E-state index is 2.34. The summed E-state index contributed by atoms with van der Waals surface area (Å²) in [5.41, 5.74) is 4.90. The summed E-state index contributed by atoms with van der Waals surface area (Å²) < 4.78 is 0. The molecule has 1 fully saturated rings. The number of aryl methyl sites for hydroxylation is 1. The molecule has 0 heteroatoms. The fourth-order valence-electron chi connectivity index (χ4n) is 3.14. The van der Waals surface area contributed by atoms with Crippen LogP contribution in [0.4, 0.5) is 0 Å². The predicted octanol–water partition coefficient (Wildman–Crippen LogP) is 3.36. The minimum absolute atomic E-state index is 0.921. The summed E-state index contributed by atoms with van der Waals surface area (Å²) >= 11 is 0. The topological polar surface area (TPSA) is 0 Å². The Morgan fingerprint density at radius 2 is 2.00 bits per heavy atom. The largest absolute Gasteiger partial charge is 0.0617 e. The van der Waals surface area contributed by atoms with E-state index >= 15 is 0 Å². The molecule has 1 saturated carbocycles. The Balaban J connectivity index is 2.26. The SMILES string of the molecule is Cc1cccc2c1[C@H]1CC[C@@H]2C1. The van der Waals surface area contributed by atoms with E-state index in [2.05, 4.69) is 25.1 Å². The Hall–Kier alpha value is -0.780. The van der Waals surface area contributed by atoms with Crippen LogP contribution < -0.4 is 0 Å². The second-order valence-corrected chi connectivity index (χ2v) is 4.28. The zero-order chi connectivity index (χ0) is 8.13. The number of hydrogen-bond donors (Lipinski definition) is 0. The van der Waals surface area contributed by atoms with Crippen molar-refractivity contribution in [2.45, 2.75) is 38.0 Å². The molecule has 62 valence electrons. The third kappa shape index (κ3) is 0.682. The molecule has 0 unspecified atom stereocenters. The van der Waals surface area contributed by atoms with Crippen LogP contribution in [0.15, 0.2) is 18.2 Å². The van der Waals surface area contributed by atoms with Gasteiger partial charge < -0.3 is 0 Å². The van der Waals surface area contributed by atoms with Gasteiger partial charge in [0.2, 0.25) is 0 Å². The number of benzene rings is 1. The molecule has 3 rings (SSSR count). The highest BCUT2D eigenvalue weighted by molar-refractivity contribution is 5.45. The van der Waals surface area contributed by atoms with Gasteiger partial charge in [0.1, 0.15) is 0 Å². The lowest BCUT2D eigenvalue weighted by molar-refractivity contribution is 0.713. The van der Waals surface area contributed by atoms with E-state index in [-0.39, 0.29) is 0 Å². The number of rotatable bonds is 0. The summed E-state index contributed by atoms with van der Waals surface area (Å²) in [7, 11) is 0. The first-order chi connectivity index (χ1) is 5.86. The molecule has 1 aromatic carbocycles. The molecular formula is C12H14. The second-order valence-electron chi connectivity index (χ2n) is 4.28. The molecule has 0 amide bonds. The lowest BCUT2D eigenvalue weighted by atomic mass is 9.89. The Labute approximate surface area is 73.6 Å². The van der Waals surface area contributed by atoms with Crippen LogP contribution in [0.5, 0.6) is 0 Å². The summed E-state index contributed by atoms with van der Waals surface area (Å²) in [6, 6.07) is 6.82. The Morgan fingerprint density at radius 1 is 1.17 bits per heavy atom. The third-order valence-electron chi connectivity index (χ3n) is 3.64. The third-order valence-corrected chi connectivity index (χ3v) is 3.64. The molecule has 0 saturated heterocycles. The first-order valence-electron chi connectivity index (χ1n) is 4.95. The zero-order valence-corrected chi connectivity index (χ0v) is 7.51. The quantitative estimate of drug-likeness (QED) is 0.543. The zero-order valence-electron chi connectivity index (χ0n) is 7.51. The molecule has 0 spiro atoms. The van der Waals surface area contributed by atoms with E-state index in [1.165, 1.54) is 24.8 Å². The standard InChI is InChI=1S/C12H14/c1-8-3-2-4-11-9-5-6-10(7-9)12(8)11/h2-4,9-10H,5-7H2,1H3/t9-,10+/m1/s1. The van der Waals surface area contributed by atoms with Crippen molar-refractivity contribution < 1.29 is 0 Å². The molecular weight excluding hydrogens is 144 g/mol. The summed E-state index contributed by atoms with van der Waals surface area (Å²) in [5.74, 6) is 1.84. The van der Waals surface area contributed by atoms with E-state index in [9.17, 15) is 0 Å². The molecule has 0 aliphatic heterocycles. The van der Waals surface area contributed by atoms with E-state index in [1.54, 1.807) is 11.1 Å². The van der Waals surface area contributed by atoms with Crippen LogP contribution in [0, 0.1) is 6.92 Å².